The van der Waals surface area contributed by atoms with E-state index in [0.717, 1.165) is 31.9 Å². The molecule has 0 spiro atoms. The van der Waals surface area contributed by atoms with E-state index < -0.39 is 0 Å². The summed E-state index contributed by atoms with van der Waals surface area (Å²) in [6.07, 6.45) is 0. The number of nitrogens with zero attached hydrogens (tertiary/aromatic N) is 2. The van der Waals surface area contributed by atoms with E-state index in [9.17, 15) is 9.18 Å². The first-order valence-electron chi connectivity index (χ1n) is 9.46. The van der Waals surface area contributed by atoms with Gasteiger partial charge in [0.15, 0.2) is 5.11 Å². The highest BCUT2D eigenvalue weighted by Gasteiger charge is 2.21. The Labute approximate surface area is 180 Å². The second-order valence-corrected chi connectivity index (χ2v) is 7.49. The molecule has 8 heteroatoms. The third-order valence-electron chi connectivity index (χ3n) is 4.75. The molecule has 1 aliphatic rings. The quantitative estimate of drug-likeness (QED) is 0.561. The number of halogens is 2. The molecule has 1 heterocycles. The summed E-state index contributed by atoms with van der Waals surface area (Å²) < 4.78 is 19.0. The summed E-state index contributed by atoms with van der Waals surface area (Å²) in [6.45, 7) is 5.59. The number of thiocarbonyl (C=S) groups is 1. The molecular weight excluding hydrogens is 413 g/mol. The van der Waals surface area contributed by atoms with Crippen LogP contribution in [0, 0.1) is 5.82 Å². The number of piperazine rings is 1. The van der Waals surface area contributed by atoms with Gasteiger partial charge >= 0.3 is 5.97 Å². The Morgan fingerprint density at radius 1 is 1.17 bits per heavy atom. The largest absolute Gasteiger partial charge is 0.462 e. The third kappa shape index (κ3) is 5.65. The van der Waals surface area contributed by atoms with E-state index >= 15 is 0 Å². The van der Waals surface area contributed by atoms with Crippen LogP contribution in [0.5, 0.6) is 0 Å². The molecule has 0 unspecified atom stereocenters. The molecule has 1 N–H and O–H groups in total. The van der Waals surface area contributed by atoms with Gasteiger partial charge in [-0.05, 0) is 55.5 Å². The maximum absolute atomic E-state index is 14.0. The van der Waals surface area contributed by atoms with Gasteiger partial charge in [-0.1, -0.05) is 17.7 Å². The van der Waals surface area contributed by atoms with Crippen LogP contribution in [0.4, 0.5) is 10.1 Å². The SMILES string of the molecule is CCOC(=O)c1ccc(NC(=S)N2CCN(Cc3c(F)cccc3Cl)CC2)cc1. The lowest BCUT2D eigenvalue weighted by Gasteiger charge is -2.36. The fourth-order valence-corrected chi connectivity index (χ4v) is 3.65. The molecular formula is C21H23ClFN3O2S. The van der Waals surface area contributed by atoms with Crippen LogP contribution in [0.1, 0.15) is 22.8 Å². The monoisotopic (exact) mass is 435 g/mol. The Balaban J connectivity index is 1.50. The van der Waals surface area contributed by atoms with Crippen molar-refractivity contribution >= 4 is 40.6 Å². The number of anilines is 1. The number of hydrogen-bond donors (Lipinski definition) is 1. The zero-order chi connectivity index (χ0) is 20.8. The first kappa shape index (κ1) is 21.5. The number of ether oxygens (including phenoxy) is 1. The van der Waals surface area contributed by atoms with E-state index in [1.165, 1.54) is 6.07 Å². The van der Waals surface area contributed by atoms with Crippen molar-refractivity contribution in [3.8, 4) is 0 Å². The molecule has 0 saturated carbocycles. The summed E-state index contributed by atoms with van der Waals surface area (Å²) in [7, 11) is 0. The van der Waals surface area contributed by atoms with Crippen LogP contribution in [0.2, 0.25) is 5.02 Å². The van der Waals surface area contributed by atoms with Gasteiger partial charge < -0.3 is 15.0 Å². The van der Waals surface area contributed by atoms with Crippen molar-refractivity contribution < 1.29 is 13.9 Å². The molecule has 0 aromatic heterocycles. The van der Waals surface area contributed by atoms with Crippen molar-refractivity contribution in [1.29, 1.82) is 0 Å². The van der Waals surface area contributed by atoms with Crippen LogP contribution in [0.25, 0.3) is 0 Å². The number of nitrogens with one attached hydrogen (secondary N) is 1. The minimum absolute atomic E-state index is 0.275. The molecule has 5 nitrogen and oxygen atoms in total. The van der Waals surface area contributed by atoms with E-state index in [2.05, 4.69) is 15.1 Å². The fourth-order valence-electron chi connectivity index (χ4n) is 3.12. The van der Waals surface area contributed by atoms with Gasteiger partial charge in [-0.15, -0.1) is 0 Å². The summed E-state index contributed by atoms with van der Waals surface area (Å²) in [5.41, 5.74) is 1.84. The molecule has 154 valence electrons. The lowest BCUT2D eigenvalue weighted by Crippen LogP contribution is -2.49. The Kier molecular flexibility index (Phi) is 7.41. The number of carbonyl (C=O) groups excluding carboxylic acids is 1. The summed E-state index contributed by atoms with van der Waals surface area (Å²) in [5, 5.41) is 4.28. The highest BCUT2D eigenvalue weighted by Crippen LogP contribution is 2.21. The number of benzene rings is 2. The van der Waals surface area contributed by atoms with Crippen LogP contribution in [-0.2, 0) is 11.3 Å². The first-order chi connectivity index (χ1) is 14.0. The van der Waals surface area contributed by atoms with Crippen molar-refractivity contribution in [3.05, 3.63) is 64.4 Å². The van der Waals surface area contributed by atoms with Gasteiger partial charge in [0, 0.05) is 49.0 Å². The average molecular weight is 436 g/mol. The number of esters is 1. The third-order valence-corrected chi connectivity index (χ3v) is 5.46. The van der Waals surface area contributed by atoms with Crippen molar-refractivity contribution in [2.75, 3.05) is 38.1 Å². The average Bonchev–Trinajstić information content (AvgIpc) is 2.72. The van der Waals surface area contributed by atoms with E-state index in [1.807, 2.05) is 0 Å². The first-order valence-corrected chi connectivity index (χ1v) is 10.2. The molecule has 29 heavy (non-hydrogen) atoms. The topological polar surface area (TPSA) is 44.8 Å². The van der Waals surface area contributed by atoms with Crippen molar-refractivity contribution in [3.63, 3.8) is 0 Å². The molecule has 0 aliphatic carbocycles. The van der Waals surface area contributed by atoms with Crippen LogP contribution >= 0.6 is 23.8 Å². The predicted octanol–water partition coefficient (Wildman–Crippen LogP) is 4.17. The summed E-state index contributed by atoms with van der Waals surface area (Å²) in [4.78, 5) is 16.0. The molecule has 1 aliphatic heterocycles. The van der Waals surface area contributed by atoms with E-state index in [1.54, 1.807) is 43.3 Å². The zero-order valence-corrected chi connectivity index (χ0v) is 17.7. The van der Waals surface area contributed by atoms with E-state index in [-0.39, 0.29) is 11.8 Å². The fraction of sp³-hybridized carbons (Fsp3) is 0.333. The molecule has 3 rings (SSSR count). The lowest BCUT2D eigenvalue weighted by molar-refractivity contribution is 0.0526. The molecule has 0 amide bonds. The van der Waals surface area contributed by atoms with Crippen LogP contribution in [-0.4, -0.2) is 53.7 Å². The Hall–Kier alpha value is -2.22. The standard InChI is InChI=1S/C21H23ClFN3O2S/c1-2-28-20(27)15-6-8-16(9-7-15)24-21(29)26-12-10-25(11-13-26)14-17-18(22)4-3-5-19(17)23/h3-9H,2,10-14H2,1H3,(H,24,29). The molecule has 0 atom stereocenters. The van der Waals surface area contributed by atoms with Gasteiger partial charge in [-0.25, -0.2) is 9.18 Å². The van der Waals surface area contributed by atoms with Crippen LogP contribution in [0.15, 0.2) is 42.5 Å². The van der Waals surface area contributed by atoms with Gasteiger partial charge in [0.05, 0.1) is 12.2 Å². The lowest BCUT2D eigenvalue weighted by atomic mass is 10.2. The Bertz CT molecular complexity index is 850. The molecule has 0 bridgehead atoms. The number of rotatable bonds is 5. The summed E-state index contributed by atoms with van der Waals surface area (Å²) >= 11 is 11.6. The van der Waals surface area contributed by atoms with Crippen molar-refractivity contribution in [2.24, 2.45) is 0 Å². The van der Waals surface area contributed by atoms with Gasteiger partial charge in [0.25, 0.3) is 0 Å². The minimum atomic E-state index is -0.340. The second-order valence-electron chi connectivity index (χ2n) is 6.69. The van der Waals surface area contributed by atoms with E-state index in [4.69, 9.17) is 28.6 Å². The summed E-state index contributed by atoms with van der Waals surface area (Å²) in [6, 6.07) is 11.8. The molecule has 0 radical (unpaired) electrons. The number of hydrogen-bond acceptors (Lipinski definition) is 4. The number of carbonyl (C=O) groups is 1. The minimum Gasteiger partial charge on any atom is -0.462 e. The molecule has 2 aromatic rings. The normalized spacial score (nSPS) is 14.5. The van der Waals surface area contributed by atoms with E-state index in [0.29, 0.717) is 34.4 Å². The molecule has 1 saturated heterocycles. The second kappa shape index (κ2) is 10.0. The van der Waals surface area contributed by atoms with Gasteiger partial charge in [-0.3, -0.25) is 4.90 Å². The summed E-state index contributed by atoms with van der Waals surface area (Å²) in [5.74, 6) is -0.615. The predicted molar refractivity (Wildman–Crippen MR) is 117 cm³/mol. The molecule has 1 fully saturated rings. The maximum atomic E-state index is 14.0. The van der Waals surface area contributed by atoms with Crippen LogP contribution < -0.4 is 5.32 Å². The van der Waals surface area contributed by atoms with Crippen molar-refractivity contribution in [1.82, 2.24) is 9.80 Å². The maximum Gasteiger partial charge on any atom is 0.338 e. The van der Waals surface area contributed by atoms with Gasteiger partial charge in [-0.2, -0.15) is 0 Å². The van der Waals surface area contributed by atoms with Gasteiger partial charge in [0.1, 0.15) is 5.82 Å². The highest BCUT2D eigenvalue weighted by molar-refractivity contribution is 7.80. The zero-order valence-electron chi connectivity index (χ0n) is 16.2. The van der Waals surface area contributed by atoms with Crippen molar-refractivity contribution in [2.45, 2.75) is 13.5 Å². The smallest absolute Gasteiger partial charge is 0.338 e. The Morgan fingerprint density at radius 2 is 1.86 bits per heavy atom. The molecule has 2 aromatic carbocycles. The van der Waals surface area contributed by atoms with Gasteiger partial charge in [0.2, 0.25) is 0 Å². The Morgan fingerprint density at radius 3 is 2.48 bits per heavy atom. The van der Waals surface area contributed by atoms with Crippen LogP contribution in [0.3, 0.4) is 0 Å². The highest BCUT2D eigenvalue weighted by atomic mass is 35.5.